The Hall–Kier alpha value is -0.920. The van der Waals surface area contributed by atoms with Crippen LogP contribution in [0.4, 0.5) is 0 Å². The lowest BCUT2D eigenvalue weighted by molar-refractivity contribution is 0.557. The fourth-order valence-corrected chi connectivity index (χ4v) is 2.81. The SMILES string of the molecule is Cn1cnc(S(=O)(=O)NC2CCNC2)c1. The molecule has 2 rings (SSSR count). The van der Waals surface area contributed by atoms with Gasteiger partial charge in [0.05, 0.1) is 6.33 Å². The van der Waals surface area contributed by atoms with Crippen molar-refractivity contribution in [3.05, 3.63) is 12.5 Å². The molecule has 1 saturated heterocycles. The number of hydrogen-bond donors (Lipinski definition) is 2. The minimum Gasteiger partial charge on any atom is -0.339 e. The first-order chi connectivity index (χ1) is 7.08. The lowest BCUT2D eigenvalue weighted by Crippen LogP contribution is -2.36. The zero-order valence-corrected chi connectivity index (χ0v) is 9.29. The number of nitrogens with zero attached hydrogens (tertiary/aromatic N) is 2. The molecular formula is C8H14N4O2S. The van der Waals surface area contributed by atoms with Crippen LogP contribution in [0.2, 0.25) is 0 Å². The molecule has 0 bridgehead atoms. The van der Waals surface area contributed by atoms with E-state index in [-0.39, 0.29) is 11.1 Å². The van der Waals surface area contributed by atoms with Crippen LogP contribution < -0.4 is 10.0 Å². The molecule has 2 heterocycles. The third-order valence-electron chi connectivity index (χ3n) is 2.34. The highest BCUT2D eigenvalue weighted by molar-refractivity contribution is 7.89. The third kappa shape index (κ3) is 2.36. The van der Waals surface area contributed by atoms with Gasteiger partial charge in [-0.1, -0.05) is 0 Å². The van der Waals surface area contributed by atoms with Crippen molar-refractivity contribution in [3.8, 4) is 0 Å². The molecule has 1 unspecified atom stereocenters. The second-order valence-corrected chi connectivity index (χ2v) is 5.35. The molecule has 1 fully saturated rings. The first-order valence-corrected chi connectivity index (χ1v) is 6.27. The number of aryl methyl sites for hydroxylation is 1. The van der Waals surface area contributed by atoms with Gasteiger partial charge in [-0.25, -0.2) is 18.1 Å². The van der Waals surface area contributed by atoms with Gasteiger partial charge in [-0.2, -0.15) is 0 Å². The smallest absolute Gasteiger partial charge is 0.259 e. The lowest BCUT2D eigenvalue weighted by atomic mass is 10.3. The van der Waals surface area contributed by atoms with E-state index in [0.717, 1.165) is 13.0 Å². The molecule has 15 heavy (non-hydrogen) atoms. The number of imidazole rings is 1. The van der Waals surface area contributed by atoms with Crippen molar-refractivity contribution in [3.63, 3.8) is 0 Å². The van der Waals surface area contributed by atoms with Gasteiger partial charge in [-0.15, -0.1) is 0 Å². The van der Waals surface area contributed by atoms with E-state index in [0.29, 0.717) is 6.54 Å². The van der Waals surface area contributed by atoms with Crippen LogP contribution >= 0.6 is 0 Å². The Balaban J connectivity index is 2.12. The molecule has 1 aliphatic rings. The second kappa shape index (κ2) is 3.92. The van der Waals surface area contributed by atoms with Gasteiger partial charge in [0, 0.05) is 25.8 Å². The van der Waals surface area contributed by atoms with Gasteiger partial charge in [0.1, 0.15) is 0 Å². The molecule has 0 aromatic carbocycles. The maximum absolute atomic E-state index is 11.8. The minimum absolute atomic E-state index is 0.0167. The number of sulfonamides is 1. The molecule has 0 spiro atoms. The van der Waals surface area contributed by atoms with Gasteiger partial charge >= 0.3 is 0 Å². The molecule has 1 atom stereocenters. The average Bonchev–Trinajstić information content (AvgIpc) is 2.75. The summed E-state index contributed by atoms with van der Waals surface area (Å²) in [5.41, 5.74) is 0. The molecule has 0 amide bonds. The number of aromatic nitrogens is 2. The number of nitrogens with one attached hydrogen (secondary N) is 2. The molecule has 1 aromatic rings. The van der Waals surface area contributed by atoms with E-state index in [2.05, 4.69) is 15.0 Å². The van der Waals surface area contributed by atoms with E-state index >= 15 is 0 Å². The van der Waals surface area contributed by atoms with E-state index < -0.39 is 10.0 Å². The van der Waals surface area contributed by atoms with Crippen LogP contribution in [0.5, 0.6) is 0 Å². The zero-order valence-electron chi connectivity index (χ0n) is 8.47. The van der Waals surface area contributed by atoms with Crippen LogP contribution in [0.3, 0.4) is 0 Å². The molecule has 0 aliphatic carbocycles. The molecule has 1 aromatic heterocycles. The summed E-state index contributed by atoms with van der Waals surface area (Å²) in [5, 5.41) is 3.18. The highest BCUT2D eigenvalue weighted by Crippen LogP contribution is 2.07. The summed E-state index contributed by atoms with van der Waals surface area (Å²) >= 11 is 0. The Kier molecular flexibility index (Phi) is 2.76. The number of rotatable bonds is 3. The minimum atomic E-state index is -3.44. The first kappa shape index (κ1) is 10.6. The summed E-state index contributed by atoms with van der Waals surface area (Å²) in [6.07, 6.45) is 3.79. The predicted octanol–water partition coefficient (Wildman–Crippen LogP) is -0.940. The Morgan fingerprint density at radius 2 is 2.47 bits per heavy atom. The summed E-state index contributed by atoms with van der Waals surface area (Å²) in [4.78, 5) is 3.82. The maximum Gasteiger partial charge on any atom is 0.259 e. The van der Waals surface area contributed by atoms with E-state index in [1.165, 1.54) is 12.5 Å². The van der Waals surface area contributed by atoms with Crippen LogP contribution in [0, 0.1) is 0 Å². The van der Waals surface area contributed by atoms with E-state index in [1.807, 2.05) is 0 Å². The van der Waals surface area contributed by atoms with Crippen LogP contribution in [0.15, 0.2) is 17.6 Å². The van der Waals surface area contributed by atoms with E-state index in [9.17, 15) is 8.42 Å². The molecule has 0 radical (unpaired) electrons. The highest BCUT2D eigenvalue weighted by Gasteiger charge is 2.23. The van der Waals surface area contributed by atoms with Gasteiger partial charge in [-0.05, 0) is 13.0 Å². The summed E-state index contributed by atoms with van der Waals surface area (Å²) in [6.45, 7) is 1.54. The summed E-state index contributed by atoms with van der Waals surface area (Å²) < 4.78 is 27.8. The third-order valence-corrected chi connectivity index (χ3v) is 3.74. The van der Waals surface area contributed by atoms with E-state index in [4.69, 9.17) is 0 Å². The molecule has 1 aliphatic heterocycles. The van der Waals surface area contributed by atoms with Crippen LogP contribution in [-0.4, -0.2) is 37.1 Å². The van der Waals surface area contributed by atoms with Gasteiger partial charge < -0.3 is 9.88 Å². The zero-order chi connectivity index (χ0) is 10.9. The maximum atomic E-state index is 11.8. The molecular weight excluding hydrogens is 216 g/mol. The van der Waals surface area contributed by atoms with Crippen molar-refractivity contribution in [1.82, 2.24) is 19.6 Å². The normalized spacial score (nSPS) is 22.1. The molecule has 84 valence electrons. The predicted molar refractivity (Wildman–Crippen MR) is 54.8 cm³/mol. The quantitative estimate of drug-likeness (QED) is 0.702. The lowest BCUT2D eigenvalue weighted by Gasteiger charge is -2.09. The van der Waals surface area contributed by atoms with Crippen molar-refractivity contribution in [2.75, 3.05) is 13.1 Å². The Bertz CT molecular complexity index is 433. The Morgan fingerprint density at radius 1 is 1.67 bits per heavy atom. The van der Waals surface area contributed by atoms with Crippen LogP contribution in [-0.2, 0) is 17.1 Å². The van der Waals surface area contributed by atoms with Crippen LogP contribution in [0.1, 0.15) is 6.42 Å². The summed E-state index contributed by atoms with van der Waals surface area (Å²) in [6, 6.07) is -0.0167. The van der Waals surface area contributed by atoms with Crippen molar-refractivity contribution >= 4 is 10.0 Å². The standard InChI is InChI=1S/C8H14N4O2S/c1-12-5-8(10-6-12)15(13,14)11-7-2-3-9-4-7/h5-7,9,11H,2-4H2,1H3. The number of hydrogen-bond acceptors (Lipinski definition) is 4. The molecule has 0 saturated carbocycles. The van der Waals surface area contributed by atoms with Crippen molar-refractivity contribution in [1.29, 1.82) is 0 Å². The average molecular weight is 230 g/mol. The van der Waals surface area contributed by atoms with Crippen molar-refractivity contribution in [2.24, 2.45) is 7.05 Å². The Labute approximate surface area is 88.7 Å². The van der Waals surface area contributed by atoms with Gasteiger partial charge in [0.15, 0.2) is 5.03 Å². The largest absolute Gasteiger partial charge is 0.339 e. The topological polar surface area (TPSA) is 76.0 Å². The fraction of sp³-hybridized carbons (Fsp3) is 0.625. The van der Waals surface area contributed by atoms with Gasteiger partial charge in [-0.3, -0.25) is 0 Å². The molecule has 2 N–H and O–H groups in total. The molecule has 6 nitrogen and oxygen atoms in total. The van der Waals surface area contributed by atoms with E-state index in [1.54, 1.807) is 11.6 Å². The summed E-state index contributed by atoms with van der Waals surface area (Å²) in [7, 11) is -1.71. The monoisotopic (exact) mass is 230 g/mol. The highest BCUT2D eigenvalue weighted by atomic mass is 32.2. The van der Waals surface area contributed by atoms with Crippen molar-refractivity contribution in [2.45, 2.75) is 17.5 Å². The summed E-state index contributed by atoms with van der Waals surface area (Å²) in [5.74, 6) is 0. The van der Waals surface area contributed by atoms with Crippen molar-refractivity contribution < 1.29 is 8.42 Å². The second-order valence-electron chi connectivity index (χ2n) is 3.69. The Morgan fingerprint density at radius 3 is 3.00 bits per heavy atom. The van der Waals surface area contributed by atoms with Gasteiger partial charge in [0.2, 0.25) is 0 Å². The van der Waals surface area contributed by atoms with Gasteiger partial charge in [0.25, 0.3) is 10.0 Å². The first-order valence-electron chi connectivity index (χ1n) is 4.79. The van der Waals surface area contributed by atoms with Crippen LogP contribution in [0.25, 0.3) is 0 Å². The molecule has 7 heteroatoms. The fourth-order valence-electron chi connectivity index (χ4n) is 1.56.